The standard InChI is InChI=1S/C11H8BrCl2NS/c12-7-3-1-2-6(9(7)14)10(15)11-8(13)4-5-16-11/h1-5,10H,15H2. The molecule has 0 aliphatic rings. The van der Waals surface area contributed by atoms with Gasteiger partial charge in [-0.15, -0.1) is 11.3 Å². The highest BCUT2D eigenvalue weighted by Crippen LogP contribution is 2.36. The molecule has 0 fully saturated rings. The Kier molecular flexibility index (Phi) is 3.93. The van der Waals surface area contributed by atoms with E-state index in [0.29, 0.717) is 10.0 Å². The minimum atomic E-state index is -0.280. The van der Waals surface area contributed by atoms with Gasteiger partial charge in [0.1, 0.15) is 0 Å². The third-order valence-corrected chi connectivity index (χ3v) is 5.00. The molecule has 16 heavy (non-hydrogen) atoms. The molecule has 1 nitrogen and oxygen atoms in total. The monoisotopic (exact) mass is 335 g/mol. The fourth-order valence-electron chi connectivity index (χ4n) is 1.43. The minimum absolute atomic E-state index is 0.280. The van der Waals surface area contributed by atoms with E-state index in [1.807, 2.05) is 29.6 Å². The Morgan fingerprint density at radius 3 is 2.62 bits per heavy atom. The van der Waals surface area contributed by atoms with E-state index in [1.165, 1.54) is 11.3 Å². The van der Waals surface area contributed by atoms with Crippen LogP contribution in [-0.4, -0.2) is 0 Å². The molecule has 84 valence electrons. The summed E-state index contributed by atoms with van der Waals surface area (Å²) in [4.78, 5) is 0.932. The lowest BCUT2D eigenvalue weighted by Crippen LogP contribution is -2.11. The largest absolute Gasteiger partial charge is 0.320 e. The molecule has 2 aromatic rings. The normalized spacial score (nSPS) is 12.8. The molecule has 5 heteroatoms. The fourth-order valence-corrected chi connectivity index (χ4v) is 3.25. The number of rotatable bonds is 2. The summed E-state index contributed by atoms with van der Waals surface area (Å²) in [6, 6.07) is 7.26. The number of hydrogen-bond acceptors (Lipinski definition) is 2. The van der Waals surface area contributed by atoms with Crippen LogP contribution in [0.25, 0.3) is 0 Å². The summed E-state index contributed by atoms with van der Waals surface area (Å²) in [6.45, 7) is 0. The summed E-state index contributed by atoms with van der Waals surface area (Å²) in [5, 5.41) is 3.25. The molecule has 1 atom stereocenters. The van der Waals surface area contributed by atoms with Gasteiger partial charge in [0, 0.05) is 9.35 Å². The van der Waals surface area contributed by atoms with Crippen LogP contribution in [0.5, 0.6) is 0 Å². The van der Waals surface area contributed by atoms with Crippen LogP contribution in [0, 0.1) is 0 Å². The molecular weight excluding hydrogens is 329 g/mol. The Morgan fingerprint density at radius 2 is 2.00 bits per heavy atom. The Balaban J connectivity index is 2.46. The first-order valence-electron chi connectivity index (χ1n) is 4.53. The summed E-state index contributed by atoms with van der Waals surface area (Å²) in [5.74, 6) is 0. The van der Waals surface area contributed by atoms with Crippen LogP contribution < -0.4 is 5.73 Å². The zero-order valence-electron chi connectivity index (χ0n) is 8.08. The molecule has 1 unspecified atom stereocenters. The second kappa shape index (κ2) is 5.07. The van der Waals surface area contributed by atoms with E-state index in [4.69, 9.17) is 28.9 Å². The third kappa shape index (κ3) is 2.29. The van der Waals surface area contributed by atoms with Crippen LogP contribution >= 0.6 is 50.5 Å². The van der Waals surface area contributed by atoms with Crippen molar-refractivity contribution in [3.63, 3.8) is 0 Å². The highest BCUT2D eigenvalue weighted by molar-refractivity contribution is 9.10. The molecule has 0 amide bonds. The molecule has 2 N–H and O–H groups in total. The van der Waals surface area contributed by atoms with Crippen LogP contribution in [0.1, 0.15) is 16.5 Å². The summed E-state index contributed by atoms with van der Waals surface area (Å²) in [6.07, 6.45) is 0. The highest BCUT2D eigenvalue weighted by Gasteiger charge is 2.17. The predicted molar refractivity (Wildman–Crippen MR) is 74.5 cm³/mol. The number of benzene rings is 1. The first-order valence-corrected chi connectivity index (χ1v) is 6.96. The number of thiophene rings is 1. The SMILES string of the molecule is NC(c1cccc(Br)c1Cl)c1sccc1Cl. The lowest BCUT2D eigenvalue weighted by Gasteiger charge is -2.13. The maximum absolute atomic E-state index is 6.19. The summed E-state index contributed by atoms with van der Waals surface area (Å²) in [5.41, 5.74) is 7.03. The van der Waals surface area contributed by atoms with Gasteiger partial charge in [-0.25, -0.2) is 0 Å². The number of nitrogens with two attached hydrogens (primary N) is 1. The summed E-state index contributed by atoms with van der Waals surface area (Å²) in [7, 11) is 0. The zero-order valence-corrected chi connectivity index (χ0v) is 12.0. The van der Waals surface area contributed by atoms with Crippen LogP contribution in [0.4, 0.5) is 0 Å². The lowest BCUT2D eigenvalue weighted by molar-refractivity contribution is 0.893. The van der Waals surface area contributed by atoms with Crippen molar-refractivity contribution >= 4 is 50.5 Å². The zero-order chi connectivity index (χ0) is 11.7. The second-order valence-electron chi connectivity index (χ2n) is 3.25. The van der Waals surface area contributed by atoms with Gasteiger partial charge < -0.3 is 5.73 Å². The quantitative estimate of drug-likeness (QED) is 0.832. The van der Waals surface area contributed by atoms with Gasteiger partial charge in [-0.2, -0.15) is 0 Å². The molecule has 2 rings (SSSR count). The molecule has 0 spiro atoms. The molecule has 0 aliphatic heterocycles. The van der Waals surface area contributed by atoms with Gasteiger partial charge in [0.2, 0.25) is 0 Å². The first-order chi connectivity index (χ1) is 7.61. The van der Waals surface area contributed by atoms with Crippen molar-refractivity contribution < 1.29 is 0 Å². The van der Waals surface area contributed by atoms with Gasteiger partial charge in [-0.05, 0) is 39.0 Å². The van der Waals surface area contributed by atoms with Crippen LogP contribution in [0.2, 0.25) is 10.0 Å². The van der Waals surface area contributed by atoms with Gasteiger partial charge in [0.25, 0.3) is 0 Å². The molecule has 1 heterocycles. The maximum Gasteiger partial charge on any atom is 0.0676 e. The smallest absolute Gasteiger partial charge is 0.0676 e. The van der Waals surface area contributed by atoms with Crippen molar-refractivity contribution in [3.8, 4) is 0 Å². The molecule has 0 saturated heterocycles. The van der Waals surface area contributed by atoms with E-state index < -0.39 is 0 Å². The first kappa shape index (κ1) is 12.4. The Bertz CT molecular complexity index is 512. The van der Waals surface area contributed by atoms with Crippen molar-refractivity contribution in [2.24, 2.45) is 5.73 Å². The van der Waals surface area contributed by atoms with E-state index in [0.717, 1.165) is 14.9 Å². The Hall–Kier alpha value is -0.0600. The highest BCUT2D eigenvalue weighted by atomic mass is 79.9. The molecule has 0 saturated carbocycles. The second-order valence-corrected chi connectivity index (χ2v) is 5.84. The van der Waals surface area contributed by atoms with Crippen molar-refractivity contribution in [2.75, 3.05) is 0 Å². The van der Waals surface area contributed by atoms with Crippen LogP contribution in [0.15, 0.2) is 34.1 Å². The molecule has 0 aliphatic carbocycles. The molecule has 1 aromatic carbocycles. The van der Waals surface area contributed by atoms with Crippen molar-refractivity contribution in [2.45, 2.75) is 6.04 Å². The van der Waals surface area contributed by atoms with Gasteiger partial charge in [0.05, 0.1) is 16.1 Å². The van der Waals surface area contributed by atoms with Gasteiger partial charge in [-0.1, -0.05) is 35.3 Å². The van der Waals surface area contributed by atoms with E-state index >= 15 is 0 Å². The number of hydrogen-bond donors (Lipinski definition) is 1. The van der Waals surface area contributed by atoms with E-state index in [9.17, 15) is 0 Å². The van der Waals surface area contributed by atoms with E-state index in [-0.39, 0.29) is 6.04 Å². The molecule has 0 radical (unpaired) electrons. The molecule has 1 aromatic heterocycles. The van der Waals surface area contributed by atoms with Gasteiger partial charge in [0.15, 0.2) is 0 Å². The van der Waals surface area contributed by atoms with E-state index in [1.54, 1.807) is 0 Å². The maximum atomic E-state index is 6.19. The van der Waals surface area contributed by atoms with Gasteiger partial charge >= 0.3 is 0 Å². The van der Waals surface area contributed by atoms with Crippen LogP contribution in [-0.2, 0) is 0 Å². The number of halogens is 3. The summed E-state index contributed by atoms with van der Waals surface area (Å²) < 4.78 is 0.842. The average molecular weight is 337 g/mol. The minimum Gasteiger partial charge on any atom is -0.320 e. The lowest BCUT2D eigenvalue weighted by atomic mass is 10.1. The topological polar surface area (TPSA) is 26.0 Å². The van der Waals surface area contributed by atoms with Crippen LogP contribution in [0.3, 0.4) is 0 Å². The van der Waals surface area contributed by atoms with Crippen molar-refractivity contribution in [1.82, 2.24) is 0 Å². The Morgan fingerprint density at radius 1 is 1.25 bits per heavy atom. The fraction of sp³-hybridized carbons (Fsp3) is 0.0909. The van der Waals surface area contributed by atoms with Crippen molar-refractivity contribution in [1.29, 1.82) is 0 Å². The Labute approximate surface area is 116 Å². The third-order valence-electron chi connectivity index (χ3n) is 2.24. The predicted octanol–water partition coefficient (Wildman–Crippen LogP) is 4.87. The molecular formula is C11H8BrCl2NS. The van der Waals surface area contributed by atoms with Crippen molar-refractivity contribution in [3.05, 3.63) is 54.6 Å². The average Bonchev–Trinajstić information content (AvgIpc) is 2.68. The summed E-state index contributed by atoms with van der Waals surface area (Å²) >= 11 is 17.2. The van der Waals surface area contributed by atoms with Gasteiger partial charge in [-0.3, -0.25) is 0 Å². The molecule has 0 bridgehead atoms. The van der Waals surface area contributed by atoms with E-state index in [2.05, 4.69) is 15.9 Å².